The number of hydrogen-bond acceptors (Lipinski definition) is 2. The van der Waals surface area contributed by atoms with Gasteiger partial charge in [-0.3, -0.25) is 0 Å². The van der Waals surface area contributed by atoms with Crippen LogP contribution >= 0.6 is 10.2 Å². The van der Waals surface area contributed by atoms with Crippen LogP contribution in [0.4, 0.5) is 28.2 Å². The van der Waals surface area contributed by atoms with Crippen LogP contribution in [0.25, 0.3) is 0 Å². The molecule has 12 heavy (non-hydrogen) atoms. The Morgan fingerprint density at radius 3 is 1.33 bits per heavy atom. The molecule has 0 spiro atoms. The second-order valence-corrected chi connectivity index (χ2v) is 4.22. The third kappa shape index (κ3) is 1.57. The number of carboxylic acids is 1. The maximum Gasteiger partial charge on any atom is 0.419 e. The van der Waals surface area contributed by atoms with Crippen LogP contribution in [0.5, 0.6) is 0 Å². The molecule has 0 heterocycles. The maximum absolute atomic E-state index is 11.3. The quantitative estimate of drug-likeness (QED) is 0.665. The molecule has 0 saturated heterocycles. The van der Waals surface area contributed by atoms with E-state index >= 15 is 0 Å². The second-order valence-electron chi connectivity index (χ2n) is 1.77. The number of aliphatic carboxylic acids is 1. The molecule has 0 atom stereocenters. The number of rotatable bonds is 2. The summed E-state index contributed by atoms with van der Waals surface area (Å²) in [6, 6.07) is 0. The Bertz CT molecular complexity index is 223. The van der Waals surface area contributed by atoms with E-state index < -0.39 is 21.4 Å². The van der Waals surface area contributed by atoms with Crippen molar-refractivity contribution in [1.82, 2.24) is 0 Å². The van der Waals surface area contributed by atoms with Gasteiger partial charge in [0, 0.05) is 0 Å². The Morgan fingerprint density at radius 2 is 1.33 bits per heavy atom. The molecular weight excluding hydrogens is 221 g/mol. The van der Waals surface area contributed by atoms with Crippen molar-refractivity contribution in [1.29, 1.82) is 0 Å². The average Bonchev–Trinajstić information content (AvgIpc) is 1.56. The van der Waals surface area contributed by atoms with Gasteiger partial charge in [-0.15, -0.1) is 0 Å². The number of alkyl halides is 2. The standard InChI is InChI=1S/C2HF7O2S/c3-2(4,1(10)11)12(5,6,7,8)9/h(H,10,11)/p-1. The monoisotopic (exact) mass is 221 g/mol. The average molecular weight is 221 g/mol. The molecule has 0 aliphatic carbocycles. The number of hydrogen-bond donors (Lipinski definition) is 0. The van der Waals surface area contributed by atoms with Crippen LogP contribution in [0.3, 0.4) is 0 Å². The van der Waals surface area contributed by atoms with Crippen molar-refractivity contribution in [3.8, 4) is 0 Å². The van der Waals surface area contributed by atoms with Gasteiger partial charge in [0.05, 0.1) is 0 Å². The molecule has 0 radical (unpaired) electrons. The lowest BCUT2D eigenvalue weighted by atomic mass is 10.7. The summed E-state index contributed by atoms with van der Waals surface area (Å²) >= 11 is 0. The minimum Gasteiger partial charge on any atom is -0.543 e. The van der Waals surface area contributed by atoms with E-state index in [2.05, 4.69) is 0 Å². The molecule has 0 aliphatic heterocycles. The van der Waals surface area contributed by atoms with Crippen molar-refractivity contribution in [2.45, 2.75) is 5.25 Å². The summed E-state index contributed by atoms with van der Waals surface area (Å²) in [7, 11) is -11.3. The van der Waals surface area contributed by atoms with Gasteiger partial charge in [0.2, 0.25) is 0 Å². The van der Waals surface area contributed by atoms with Crippen LogP contribution in [-0.2, 0) is 4.79 Å². The van der Waals surface area contributed by atoms with Gasteiger partial charge in [0.25, 0.3) is 0 Å². The fourth-order valence-corrected chi connectivity index (χ4v) is 0.472. The van der Waals surface area contributed by atoms with Gasteiger partial charge in [-0.25, -0.2) is 0 Å². The highest BCUT2D eigenvalue weighted by Gasteiger charge is 2.83. The van der Waals surface area contributed by atoms with Crippen LogP contribution < -0.4 is 5.11 Å². The first-order valence-electron chi connectivity index (χ1n) is 2.01. The van der Waals surface area contributed by atoms with Crippen LogP contribution in [0.2, 0.25) is 0 Å². The zero-order valence-electron chi connectivity index (χ0n) is 4.87. The molecule has 76 valence electrons. The van der Waals surface area contributed by atoms with E-state index in [9.17, 15) is 28.2 Å². The van der Waals surface area contributed by atoms with Gasteiger partial charge in [-0.1, -0.05) is 19.4 Å². The van der Waals surface area contributed by atoms with E-state index in [1.54, 1.807) is 0 Å². The van der Waals surface area contributed by atoms with Crippen molar-refractivity contribution in [3.05, 3.63) is 0 Å². The summed E-state index contributed by atoms with van der Waals surface area (Å²) in [5.41, 5.74) is 0. The van der Waals surface area contributed by atoms with Crippen molar-refractivity contribution in [3.63, 3.8) is 0 Å². The summed E-state index contributed by atoms with van der Waals surface area (Å²) < 4.78 is 78.0. The molecule has 0 aromatic rings. The molecule has 0 amide bonds. The normalized spacial score (nSPS) is 19.6. The van der Waals surface area contributed by atoms with Gasteiger partial charge in [-0.05, 0) is 0 Å². The zero-order valence-corrected chi connectivity index (χ0v) is 5.69. The van der Waals surface area contributed by atoms with Gasteiger partial charge < -0.3 is 9.90 Å². The lowest BCUT2D eigenvalue weighted by Gasteiger charge is -2.45. The Morgan fingerprint density at radius 1 is 1.08 bits per heavy atom. The molecule has 0 saturated carbocycles. The molecule has 0 aromatic carbocycles. The molecule has 0 bridgehead atoms. The molecule has 0 unspecified atom stereocenters. The van der Waals surface area contributed by atoms with Crippen LogP contribution in [0.15, 0.2) is 0 Å². The molecular formula is C2F7O2S-. The number of carbonyl (C=O) groups excluding carboxylic acids is 1. The molecule has 0 rings (SSSR count). The smallest absolute Gasteiger partial charge is 0.419 e. The second kappa shape index (κ2) is 1.65. The summed E-state index contributed by atoms with van der Waals surface area (Å²) in [6.07, 6.45) is 0. The van der Waals surface area contributed by atoms with E-state index in [1.165, 1.54) is 0 Å². The summed E-state index contributed by atoms with van der Waals surface area (Å²) in [6.45, 7) is 0. The lowest BCUT2D eigenvalue weighted by molar-refractivity contribution is -0.323. The lowest BCUT2D eigenvalue weighted by Crippen LogP contribution is -2.48. The van der Waals surface area contributed by atoms with Crippen molar-refractivity contribution >= 4 is 16.2 Å². The number of carbonyl (C=O) groups is 1. The molecule has 2 nitrogen and oxygen atoms in total. The van der Waals surface area contributed by atoms with Crippen LogP contribution in [0.1, 0.15) is 0 Å². The summed E-state index contributed by atoms with van der Waals surface area (Å²) in [4.78, 5) is 9.05. The minimum absolute atomic E-state index is 4.17. The van der Waals surface area contributed by atoms with E-state index in [0.717, 1.165) is 0 Å². The molecule has 0 fully saturated rings. The number of halogens is 7. The Hall–Kier alpha value is -0.670. The highest BCUT2D eigenvalue weighted by molar-refractivity contribution is 8.47. The van der Waals surface area contributed by atoms with Crippen molar-refractivity contribution in [2.24, 2.45) is 0 Å². The first kappa shape index (κ1) is 11.3. The summed E-state index contributed by atoms with van der Waals surface area (Å²) in [5, 5.41) is 1.95. The largest absolute Gasteiger partial charge is 0.543 e. The van der Waals surface area contributed by atoms with Gasteiger partial charge >= 0.3 is 15.5 Å². The minimum atomic E-state index is -11.3. The zero-order chi connectivity index (χ0) is 10.5. The van der Waals surface area contributed by atoms with Crippen molar-refractivity contribution < 1.29 is 38.1 Å². The molecule has 0 aliphatic rings. The SMILES string of the molecule is O=C([O-])C(F)(F)S(F)(F)(F)(F)F. The third-order valence-electron chi connectivity index (χ3n) is 0.722. The Balaban J connectivity index is 5.50. The number of carboxylic acid groups (broad SMARTS) is 1. The predicted molar refractivity (Wildman–Crippen MR) is 23.1 cm³/mol. The van der Waals surface area contributed by atoms with Crippen LogP contribution in [-0.4, -0.2) is 11.2 Å². The highest BCUT2D eigenvalue weighted by Crippen LogP contribution is 3.04. The predicted octanol–water partition coefficient (Wildman–Crippen LogP) is 1.63. The Kier molecular flexibility index (Phi) is 1.56. The Labute approximate surface area is 60.7 Å². The fraction of sp³-hybridized carbons (Fsp3) is 0.500. The first-order chi connectivity index (χ1) is 4.69. The first-order valence-corrected chi connectivity index (χ1v) is 3.96. The van der Waals surface area contributed by atoms with Gasteiger partial charge in [0.1, 0.15) is 5.97 Å². The topological polar surface area (TPSA) is 40.1 Å². The van der Waals surface area contributed by atoms with E-state index in [4.69, 9.17) is 9.90 Å². The molecule has 0 aromatic heterocycles. The highest BCUT2D eigenvalue weighted by atomic mass is 32.5. The summed E-state index contributed by atoms with van der Waals surface area (Å²) in [5.74, 6) is -4.17. The molecule has 10 heteroatoms. The van der Waals surface area contributed by atoms with E-state index in [0.29, 0.717) is 0 Å². The molecule has 0 N–H and O–H groups in total. The van der Waals surface area contributed by atoms with E-state index in [1.807, 2.05) is 0 Å². The van der Waals surface area contributed by atoms with E-state index in [-0.39, 0.29) is 0 Å². The van der Waals surface area contributed by atoms with Gasteiger partial charge in [-0.2, -0.15) is 8.78 Å². The van der Waals surface area contributed by atoms with Gasteiger partial charge in [0.15, 0.2) is 0 Å². The third-order valence-corrected chi connectivity index (χ3v) is 1.86. The fourth-order valence-electron chi connectivity index (χ4n) is 0.157. The van der Waals surface area contributed by atoms with Crippen molar-refractivity contribution in [2.75, 3.05) is 0 Å². The van der Waals surface area contributed by atoms with Crippen LogP contribution in [0, 0.1) is 0 Å². The maximum atomic E-state index is 11.3.